The SMILES string of the molecule is C=C1c2c(c(C)n(-c3cccc(N/N=C\C=N)c3)c2C)C=NN1c1ccccn1.CC. The van der Waals surface area contributed by atoms with Crippen LogP contribution in [0, 0.1) is 19.3 Å². The molecule has 1 aliphatic heterocycles. The second-order valence-electron chi connectivity index (χ2n) is 6.59. The molecule has 3 heterocycles. The predicted octanol–water partition coefficient (Wildman–Crippen LogP) is 5.39. The third-order valence-electron chi connectivity index (χ3n) is 4.85. The van der Waals surface area contributed by atoms with Gasteiger partial charge in [0.25, 0.3) is 0 Å². The first-order valence-electron chi connectivity index (χ1n) is 10.2. The van der Waals surface area contributed by atoms with E-state index in [1.807, 2.05) is 62.5 Å². The van der Waals surface area contributed by atoms with Crippen molar-refractivity contribution in [2.75, 3.05) is 10.4 Å². The molecule has 0 saturated heterocycles. The fraction of sp³-hybridized carbons (Fsp3) is 0.167. The van der Waals surface area contributed by atoms with Gasteiger partial charge in [0, 0.05) is 40.6 Å². The van der Waals surface area contributed by atoms with Gasteiger partial charge < -0.3 is 9.98 Å². The highest BCUT2D eigenvalue weighted by Crippen LogP contribution is 2.36. The van der Waals surface area contributed by atoms with Crippen molar-refractivity contribution in [3.63, 3.8) is 0 Å². The minimum atomic E-state index is 0.736. The quantitative estimate of drug-likeness (QED) is 0.435. The minimum Gasteiger partial charge on any atom is -0.317 e. The van der Waals surface area contributed by atoms with Crippen molar-refractivity contribution in [3.8, 4) is 5.69 Å². The monoisotopic (exact) mass is 413 g/mol. The Hall–Kier alpha value is -4.00. The van der Waals surface area contributed by atoms with E-state index in [1.54, 1.807) is 11.2 Å². The Morgan fingerprint density at radius 1 is 1.10 bits per heavy atom. The zero-order valence-electron chi connectivity index (χ0n) is 18.3. The van der Waals surface area contributed by atoms with Gasteiger partial charge in [0.15, 0.2) is 5.82 Å². The lowest BCUT2D eigenvalue weighted by Gasteiger charge is -2.24. The molecule has 0 fully saturated rings. The molecular weight excluding hydrogens is 386 g/mol. The number of benzene rings is 1. The van der Waals surface area contributed by atoms with Crippen LogP contribution in [0.3, 0.4) is 0 Å². The molecule has 3 aromatic rings. The summed E-state index contributed by atoms with van der Waals surface area (Å²) in [7, 11) is 0. The highest BCUT2D eigenvalue weighted by atomic mass is 15.5. The summed E-state index contributed by atoms with van der Waals surface area (Å²) in [5.74, 6) is 0.736. The van der Waals surface area contributed by atoms with E-state index in [0.717, 1.165) is 51.6 Å². The molecule has 0 spiro atoms. The van der Waals surface area contributed by atoms with E-state index in [4.69, 9.17) is 5.41 Å². The second kappa shape index (κ2) is 9.67. The van der Waals surface area contributed by atoms with Crippen LogP contribution in [0.25, 0.3) is 11.4 Å². The van der Waals surface area contributed by atoms with Crippen LogP contribution >= 0.6 is 0 Å². The molecule has 0 aliphatic carbocycles. The van der Waals surface area contributed by atoms with Crippen molar-refractivity contribution >= 4 is 35.8 Å². The Morgan fingerprint density at radius 3 is 2.61 bits per heavy atom. The summed E-state index contributed by atoms with van der Waals surface area (Å²) in [5, 5.41) is 17.4. The fourth-order valence-electron chi connectivity index (χ4n) is 3.60. The highest BCUT2D eigenvalue weighted by molar-refractivity contribution is 6.14. The van der Waals surface area contributed by atoms with Gasteiger partial charge in [0.05, 0.1) is 23.8 Å². The normalized spacial score (nSPS) is 12.4. The lowest BCUT2D eigenvalue weighted by atomic mass is 10.1. The van der Waals surface area contributed by atoms with Crippen molar-refractivity contribution in [2.24, 2.45) is 10.2 Å². The van der Waals surface area contributed by atoms with Crippen molar-refractivity contribution in [2.45, 2.75) is 27.7 Å². The van der Waals surface area contributed by atoms with Gasteiger partial charge in [0.2, 0.25) is 0 Å². The van der Waals surface area contributed by atoms with E-state index < -0.39 is 0 Å². The van der Waals surface area contributed by atoms with Crippen LogP contribution < -0.4 is 10.4 Å². The van der Waals surface area contributed by atoms with Crippen LogP contribution in [0.15, 0.2) is 65.4 Å². The van der Waals surface area contributed by atoms with Gasteiger partial charge in [-0.15, -0.1) is 0 Å². The van der Waals surface area contributed by atoms with Crippen molar-refractivity contribution < 1.29 is 0 Å². The average Bonchev–Trinajstić information content (AvgIpc) is 3.07. The molecule has 0 amide bonds. The number of fused-ring (bicyclic) bond motifs is 1. The lowest BCUT2D eigenvalue weighted by Crippen LogP contribution is -2.20. The van der Waals surface area contributed by atoms with Gasteiger partial charge in [-0.2, -0.15) is 10.2 Å². The summed E-state index contributed by atoms with van der Waals surface area (Å²) >= 11 is 0. The van der Waals surface area contributed by atoms with E-state index in [2.05, 4.69) is 45.6 Å². The third kappa shape index (κ3) is 4.16. The molecule has 4 rings (SSSR count). The number of pyridine rings is 1. The Kier molecular flexibility index (Phi) is 6.77. The van der Waals surface area contributed by atoms with Crippen LogP contribution in [0.1, 0.15) is 36.4 Å². The second-order valence-corrected chi connectivity index (χ2v) is 6.59. The maximum absolute atomic E-state index is 7.03. The maximum Gasteiger partial charge on any atom is 0.153 e. The van der Waals surface area contributed by atoms with Crippen molar-refractivity contribution in [1.29, 1.82) is 5.41 Å². The lowest BCUT2D eigenvalue weighted by molar-refractivity contribution is 0.962. The molecule has 7 nitrogen and oxygen atoms in total. The maximum atomic E-state index is 7.03. The predicted molar refractivity (Wildman–Crippen MR) is 131 cm³/mol. The average molecular weight is 414 g/mol. The van der Waals surface area contributed by atoms with Crippen LogP contribution in [0.2, 0.25) is 0 Å². The Bertz CT molecular complexity index is 1140. The molecule has 158 valence electrons. The zero-order valence-corrected chi connectivity index (χ0v) is 18.3. The molecule has 31 heavy (non-hydrogen) atoms. The molecule has 0 atom stereocenters. The van der Waals surface area contributed by atoms with Gasteiger partial charge >= 0.3 is 0 Å². The van der Waals surface area contributed by atoms with Gasteiger partial charge in [-0.3, -0.25) is 5.43 Å². The number of hydrogen-bond acceptors (Lipinski definition) is 6. The zero-order chi connectivity index (χ0) is 22.4. The fourth-order valence-corrected chi connectivity index (χ4v) is 3.60. The van der Waals surface area contributed by atoms with E-state index >= 15 is 0 Å². The molecule has 7 heteroatoms. The van der Waals surface area contributed by atoms with Crippen molar-refractivity contribution in [1.82, 2.24) is 9.55 Å². The summed E-state index contributed by atoms with van der Waals surface area (Å²) in [6.45, 7) is 12.5. The summed E-state index contributed by atoms with van der Waals surface area (Å²) in [6, 6.07) is 13.7. The minimum absolute atomic E-state index is 0.736. The number of nitrogens with one attached hydrogen (secondary N) is 2. The van der Waals surface area contributed by atoms with Gasteiger partial charge in [-0.05, 0) is 44.2 Å². The summed E-state index contributed by atoms with van der Waals surface area (Å²) in [5.41, 5.74) is 9.86. The van der Waals surface area contributed by atoms with E-state index in [1.165, 1.54) is 6.21 Å². The van der Waals surface area contributed by atoms with Gasteiger partial charge in [0.1, 0.15) is 0 Å². The van der Waals surface area contributed by atoms with Crippen molar-refractivity contribution in [3.05, 3.63) is 77.8 Å². The molecule has 2 aromatic heterocycles. The number of hydrazone groups is 2. The molecular formula is C24H27N7. The van der Waals surface area contributed by atoms with E-state index in [-0.39, 0.29) is 0 Å². The molecule has 1 aliphatic rings. The van der Waals surface area contributed by atoms with Crippen LogP contribution in [-0.4, -0.2) is 28.2 Å². The molecule has 1 aromatic carbocycles. The topological polar surface area (TPSA) is 81.7 Å². The van der Waals surface area contributed by atoms with Crippen LogP contribution in [0.5, 0.6) is 0 Å². The Morgan fingerprint density at radius 2 is 1.90 bits per heavy atom. The Labute approximate surface area is 183 Å². The molecule has 0 radical (unpaired) electrons. The van der Waals surface area contributed by atoms with Crippen LogP contribution in [0.4, 0.5) is 11.5 Å². The largest absolute Gasteiger partial charge is 0.317 e. The molecule has 0 unspecified atom stereocenters. The number of nitrogens with zero attached hydrogens (tertiary/aromatic N) is 5. The molecule has 0 bridgehead atoms. The first kappa shape index (κ1) is 21.7. The Balaban J connectivity index is 0.00000132. The third-order valence-corrected chi connectivity index (χ3v) is 4.85. The van der Waals surface area contributed by atoms with Gasteiger partial charge in [-0.1, -0.05) is 32.6 Å². The number of anilines is 2. The smallest absolute Gasteiger partial charge is 0.153 e. The number of aromatic nitrogens is 2. The number of rotatable bonds is 5. The summed E-state index contributed by atoms with van der Waals surface area (Å²) in [4.78, 5) is 4.40. The summed E-state index contributed by atoms with van der Waals surface area (Å²) in [6.07, 6.45) is 6.14. The van der Waals surface area contributed by atoms with E-state index in [9.17, 15) is 0 Å². The van der Waals surface area contributed by atoms with Crippen LogP contribution in [-0.2, 0) is 0 Å². The number of hydrogen-bond donors (Lipinski definition) is 2. The molecule has 2 N–H and O–H groups in total. The first-order chi connectivity index (χ1) is 15.1. The highest BCUT2D eigenvalue weighted by Gasteiger charge is 2.26. The molecule has 0 saturated carbocycles. The summed E-state index contributed by atoms with van der Waals surface area (Å²) < 4.78 is 2.19. The standard InChI is InChI=1S/C22H21N7.C2H6/c1-15-20-14-26-29(21-9-4-5-11-24-21)17(3)22(20)16(2)28(15)19-8-6-7-18(13-19)27-25-12-10-23;1-2/h4-14,23,27H,3H2,1-2H3;1-2H3/b23-10?,25-12-;. The van der Waals surface area contributed by atoms with Gasteiger partial charge in [-0.25, -0.2) is 9.99 Å². The first-order valence-corrected chi connectivity index (χ1v) is 10.2. The van der Waals surface area contributed by atoms with E-state index in [0.29, 0.717) is 0 Å².